The van der Waals surface area contributed by atoms with E-state index in [-0.39, 0.29) is 17.8 Å². The Labute approximate surface area is 116 Å². The molecular weight excluding hydrogens is 242 g/mol. The van der Waals surface area contributed by atoms with Crippen molar-refractivity contribution in [2.24, 2.45) is 5.92 Å². The van der Waals surface area contributed by atoms with E-state index < -0.39 is 0 Å². The van der Waals surface area contributed by atoms with Crippen LogP contribution in [-0.4, -0.2) is 36.5 Å². The molecule has 0 bridgehead atoms. The van der Waals surface area contributed by atoms with Crippen molar-refractivity contribution in [2.45, 2.75) is 64.8 Å². The van der Waals surface area contributed by atoms with Gasteiger partial charge in [0.25, 0.3) is 0 Å². The maximum Gasteiger partial charge on any atom is 0.310 e. The number of rotatable bonds is 6. The summed E-state index contributed by atoms with van der Waals surface area (Å²) in [5, 5.41) is 0. The largest absolute Gasteiger partial charge is 0.469 e. The van der Waals surface area contributed by atoms with Crippen molar-refractivity contribution in [1.82, 2.24) is 4.90 Å². The van der Waals surface area contributed by atoms with Gasteiger partial charge in [-0.3, -0.25) is 9.59 Å². The SMILES string of the molecule is CCCC(=O)N(CC(C)C(=O)OC)C1CCCCC1. The van der Waals surface area contributed by atoms with Crippen LogP contribution in [0.2, 0.25) is 0 Å². The molecule has 1 atom stereocenters. The highest BCUT2D eigenvalue weighted by Crippen LogP contribution is 2.24. The van der Waals surface area contributed by atoms with Gasteiger partial charge >= 0.3 is 5.97 Å². The third-order valence-corrected chi connectivity index (χ3v) is 3.87. The molecule has 1 aliphatic carbocycles. The normalized spacial score (nSPS) is 17.8. The molecule has 4 nitrogen and oxygen atoms in total. The van der Waals surface area contributed by atoms with Gasteiger partial charge in [-0.15, -0.1) is 0 Å². The summed E-state index contributed by atoms with van der Waals surface area (Å²) < 4.78 is 4.76. The first kappa shape index (κ1) is 16.0. The van der Waals surface area contributed by atoms with E-state index in [1.54, 1.807) is 0 Å². The zero-order valence-electron chi connectivity index (χ0n) is 12.5. The second-order valence-electron chi connectivity index (χ2n) is 5.51. The van der Waals surface area contributed by atoms with Crippen LogP contribution < -0.4 is 0 Å². The van der Waals surface area contributed by atoms with E-state index in [9.17, 15) is 9.59 Å². The van der Waals surface area contributed by atoms with Gasteiger partial charge < -0.3 is 9.64 Å². The maximum atomic E-state index is 12.3. The lowest BCUT2D eigenvalue weighted by Gasteiger charge is -2.35. The third-order valence-electron chi connectivity index (χ3n) is 3.87. The third kappa shape index (κ3) is 4.84. The minimum Gasteiger partial charge on any atom is -0.469 e. The van der Waals surface area contributed by atoms with E-state index in [1.807, 2.05) is 18.7 Å². The van der Waals surface area contributed by atoms with Crippen molar-refractivity contribution in [1.29, 1.82) is 0 Å². The molecule has 0 aliphatic heterocycles. The number of esters is 1. The van der Waals surface area contributed by atoms with Crippen LogP contribution in [0.1, 0.15) is 58.8 Å². The van der Waals surface area contributed by atoms with E-state index >= 15 is 0 Å². The number of ether oxygens (including phenoxy) is 1. The summed E-state index contributed by atoms with van der Waals surface area (Å²) in [5.41, 5.74) is 0. The molecule has 1 saturated carbocycles. The Hall–Kier alpha value is -1.06. The quantitative estimate of drug-likeness (QED) is 0.697. The standard InChI is InChI=1S/C15H27NO3/c1-4-8-14(17)16(11-12(2)15(18)19-3)13-9-6-5-7-10-13/h12-13H,4-11H2,1-3H3. The lowest BCUT2D eigenvalue weighted by molar-refractivity contribution is -0.147. The van der Waals surface area contributed by atoms with Crippen molar-refractivity contribution in [3.8, 4) is 0 Å². The van der Waals surface area contributed by atoms with Crippen LogP contribution in [0.3, 0.4) is 0 Å². The molecule has 4 heteroatoms. The zero-order valence-corrected chi connectivity index (χ0v) is 12.5. The minimum absolute atomic E-state index is 0.185. The first-order valence-electron chi connectivity index (χ1n) is 7.47. The highest BCUT2D eigenvalue weighted by Gasteiger charge is 2.28. The van der Waals surface area contributed by atoms with Gasteiger partial charge in [-0.25, -0.2) is 0 Å². The number of methoxy groups -OCH3 is 1. The molecule has 0 N–H and O–H groups in total. The molecule has 19 heavy (non-hydrogen) atoms. The number of hydrogen-bond donors (Lipinski definition) is 0. The van der Waals surface area contributed by atoms with Crippen molar-refractivity contribution in [2.75, 3.05) is 13.7 Å². The highest BCUT2D eigenvalue weighted by atomic mass is 16.5. The summed E-state index contributed by atoms with van der Waals surface area (Å²) in [6.45, 7) is 4.34. The van der Waals surface area contributed by atoms with Crippen LogP contribution in [0.5, 0.6) is 0 Å². The van der Waals surface area contributed by atoms with Crippen LogP contribution in [-0.2, 0) is 14.3 Å². The lowest BCUT2D eigenvalue weighted by atomic mass is 9.93. The molecule has 0 radical (unpaired) electrons. The molecule has 0 aromatic carbocycles. The van der Waals surface area contributed by atoms with Gasteiger partial charge in [-0.05, 0) is 19.3 Å². The van der Waals surface area contributed by atoms with E-state index in [1.165, 1.54) is 26.4 Å². The van der Waals surface area contributed by atoms with Crippen molar-refractivity contribution < 1.29 is 14.3 Å². The summed E-state index contributed by atoms with van der Waals surface area (Å²) in [6.07, 6.45) is 7.21. The summed E-state index contributed by atoms with van der Waals surface area (Å²) >= 11 is 0. The Kier molecular flexibility index (Phi) is 6.89. The molecule has 0 aromatic heterocycles. The fourth-order valence-electron chi connectivity index (χ4n) is 2.78. The molecule has 0 aromatic rings. The van der Waals surface area contributed by atoms with Crippen molar-refractivity contribution >= 4 is 11.9 Å². The van der Waals surface area contributed by atoms with Gasteiger partial charge in [0, 0.05) is 19.0 Å². The number of nitrogens with zero attached hydrogens (tertiary/aromatic N) is 1. The van der Waals surface area contributed by atoms with Gasteiger partial charge in [-0.1, -0.05) is 33.1 Å². The van der Waals surface area contributed by atoms with Crippen molar-refractivity contribution in [3.63, 3.8) is 0 Å². The Morgan fingerprint density at radius 1 is 1.26 bits per heavy atom. The lowest BCUT2D eigenvalue weighted by Crippen LogP contribution is -2.45. The molecule has 1 rings (SSSR count). The maximum absolute atomic E-state index is 12.3. The summed E-state index contributed by atoms with van der Waals surface area (Å²) in [7, 11) is 1.40. The van der Waals surface area contributed by atoms with Gasteiger partial charge in [0.1, 0.15) is 0 Å². The fourth-order valence-corrected chi connectivity index (χ4v) is 2.78. The van der Waals surface area contributed by atoms with Crippen LogP contribution in [0, 0.1) is 5.92 Å². The second kappa shape index (κ2) is 8.18. The molecular formula is C15H27NO3. The molecule has 0 heterocycles. The Morgan fingerprint density at radius 2 is 1.89 bits per heavy atom. The van der Waals surface area contributed by atoms with E-state index in [2.05, 4.69) is 0 Å². The summed E-state index contributed by atoms with van der Waals surface area (Å²) in [6, 6.07) is 0.319. The highest BCUT2D eigenvalue weighted by molar-refractivity contribution is 5.78. The molecule has 1 amide bonds. The van der Waals surface area contributed by atoms with Crippen molar-refractivity contribution in [3.05, 3.63) is 0 Å². The molecule has 0 spiro atoms. The van der Waals surface area contributed by atoms with Gasteiger partial charge in [0.2, 0.25) is 5.91 Å². The number of hydrogen-bond acceptors (Lipinski definition) is 3. The molecule has 0 saturated heterocycles. The number of carbonyl (C=O) groups excluding carboxylic acids is 2. The molecule has 1 unspecified atom stereocenters. The fraction of sp³-hybridized carbons (Fsp3) is 0.867. The van der Waals surface area contributed by atoms with E-state index in [4.69, 9.17) is 4.74 Å². The average Bonchev–Trinajstić information content (AvgIpc) is 2.44. The topological polar surface area (TPSA) is 46.6 Å². The second-order valence-corrected chi connectivity index (χ2v) is 5.51. The first-order valence-corrected chi connectivity index (χ1v) is 7.47. The van der Waals surface area contributed by atoms with E-state index in [0.29, 0.717) is 19.0 Å². The zero-order chi connectivity index (χ0) is 14.3. The van der Waals surface area contributed by atoms with Crippen LogP contribution in [0.4, 0.5) is 0 Å². The minimum atomic E-state index is -0.243. The molecule has 1 fully saturated rings. The number of carbonyl (C=O) groups is 2. The summed E-state index contributed by atoms with van der Waals surface area (Å²) in [4.78, 5) is 25.7. The van der Waals surface area contributed by atoms with Crippen LogP contribution in [0.25, 0.3) is 0 Å². The molecule has 1 aliphatic rings. The molecule has 110 valence electrons. The Balaban J connectivity index is 2.67. The first-order chi connectivity index (χ1) is 9.10. The van der Waals surface area contributed by atoms with Gasteiger partial charge in [0.05, 0.1) is 13.0 Å². The van der Waals surface area contributed by atoms with Crippen LogP contribution in [0.15, 0.2) is 0 Å². The van der Waals surface area contributed by atoms with Gasteiger partial charge in [0.15, 0.2) is 0 Å². The average molecular weight is 269 g/mol. The van der Waals surface area contributed by atoms with E-state index in [0.717, 1.165) is 19.3 Å². The summed E-state index contributed by atoms with van der Waals surface area (Å²) in [5.74, 6) is -0.289. The smallest absolute Gasteiger partial charge is 0.310 e. The predicted octanol–water partition coefficient (Wildman–Crippen LogP) is 2.76. The monoisotopic (exact) mass is 269 g/mol. The van der Waals surface area contributed by atoms with Crippen LogP contribution >= 0.6 is 0 Å². The van der Waals surface area contributed by atoms with Gasteiger partial charge in [-0.2, -0.15) is 0 Å². The Morgan fingerprint density at radius 3 is 2.42 bits per heavy atom. The predicted molar refractivity (Wildman–Crippen MR) is 74.7 cm³/mol. The Bertz CT molecular complexity index is 298. The number of amides is 1.